The van der Waals surface area contributed by atoms with Crippen molar-refractivity contribution in [2.75, 3.05) is 13.1 Å². The quantitative estimate of drug-likeness (QED) is 0.844. The van der Waals surface area contributed by atoms with Crippen LogP contribution in [-0.2, 0) is 11.2 Å². The zero-order valence-electron chi connectivity index (χ0n) is 9.51. The van der Waals surface area contributed by atoms with Gasteiger partial charge in [-0.2, -0.15) is 0 Å². The molecule has 0 aliphatic heterocycles. The molecule has 0 aliphatic carbocycles. The number of hydrogen-bond acceptors (Lipinski definition) is 2. The van der Waals surface area contributed by atoms with Crippen molar-refractivity contribution in [3.63, 3.8) is 0 Å². The first-order valence-corrected chi connectivity index (χ1v) is 6.33. The zero-order chi connectivity index (χ0) is 12.7. The Hall–Kier alpha value is -0.940. The Morgan fingerprint density at radius 2 is 2.24 bits per heavy atom. The van der Waals surface area contributed by atoms with Crippen LogP contribution in [0.3, 0.4) is 0 Å². The minimum Gasteiger partial charge on any atom is -0.356 e. The number of nitrogens with one attached hydrogen (secondary N) is 1. The summed E-state index contributed by atoms with van der Waals surface area (Å²) in [5.41, 5.74) is 5.89. The molecule has 0 spiro atoms. The van der Waals surface area contributed by atoms with Crippen molar-refractivity contribution in [2.45, 2.75) is 19.3 Å². The molecule has 1 rings (SSSR count). The molecule has 0 aliphatic rings. The van der Waals surface area contributed by atoms with Gasteiger partial charge in [-0.25, -0.2) is 4.39 Å². The number of carbonyl (C=O) groups is 1. The lowest BCUT2D eigenvalue weighted by Crippen LogP contribution is -2.26. The molecular formula is C12H16BrFN2O. The third-order valence-electron chi connectivity index (χ3n) is 2.33. The van der Waals surface area contributed by atoms with E-state index in [-0.39, 0.29) is 11.7 Å². The average Bonchev–Trinajstić information content (AvgIpc) is 2.31. The molecule has 0 fully saturated rings. The van der Waals surface area contributed by atoms with E-state index >= 15 is 0 Å². The molecule has 3 nitrogen and oxygen atoms in total. The topological polar surface area (TPSA) is 55.1 Å². The van der Waals surface area contributed by atoms with Crippen LogP contribution < -0.4 is 11.1 Å². The van der Waals surface area contributed by atoms with E-state index in [1.54, 1.807) is 12.1 Å². The van der Waals surface area contributed by atoms with Gasteiger partial charge >= 0.3 is 0 Å². The van der Waals surface area contributed by atoms with E-state index in [0.29, 0.717) is 37.9 Å². The van der Waals surface area contributed by atoms with Gasteiger partial charge in [-0.15, -0.1) is 0 Å². The summed E-state index contributed by atoms with van der Waals surface area (Å²) < 4.78 is 14.2. The SMILES string of the molecule is NCCCC(=O)NCCc1cc(Br)ccc1F. The Bertz CT molecular complexity index is 385. The van der Waals surface area contributed by atoms with Crippen LogP contribution in [0.15, 0.2) is 22.7 Å². The Morgan fingerprint density at radius 1 is 1.47 bits per heavy atom. The van der Waals surface area contributed by atoms with Gasteiger partial charge in [-0.1, -0.05) is 15.9 Å². The van der Waals surface area contributed by atoms with Crippen molar-refractivity contribution in [2.24, 2.45) is 5.73 Å². The molecule has 0 atom stereocenters. The standard InChI is InChI=1S/C12H16BrFN2O/c13-10-3-4-11(14)9(8-10)5-7-16-12(17)2-1-6-15/h3-4,8H,1-2,5-7,15H2,(H,16,17). The number of benzene rings is 1. The molecule has 5 heteroatoms. The van der Waals surface area contributed by atoms with Gasteiger partial charge in [0.25, 0.3) is 0 Å². The van der Waals surface area contributed by atoms with Gasteiger partial charge in [0.2, 0.25) is 5.91 Å². The molecule has 0 saturated heterocycles. The molecule has 1 aromatic carbocycles. The lowest BCUT2D eigenvalue weighted by Gasteiger charge is -2.06. The molecule has 1 amide bonds. The van der Waals surface area contributed by atoms with Crippen LogP contribution in [0.5, 0.6) is 0 Å². The smallest absolute Gasteiger partial charge is 0.220 e. The maximum Gasteiger partial charge on any atom is 0.220 e. The van der Waals surface area contributed by atoms with Crippen LogP contribution in [0, 0.1) is 5.82 Å². The molecule has 94 valence electrons. The highest BCUT2D eigenvalue weighted by Crippen LogP contribution is 2.15. The first-order valence-electron chi connectivity index (χ1n) is 5.54. The minimum atomic E-state index is -0.246. The van der Waals surface area contributed by atoms with E-state index in [2.05, 4.69) is 21.2 Å². The van der Waals surface area contributed by atoms with Crippen LogP contribution in [-0.4, -0.2) is 19.0 Å². The first kappa shape index (κ1) is 14.1. The highest BCUT2D eigenvalue weighted by atomic mass is 79.9. The van der Waals surface area contributed by atoms with Crippen LogP contribution in [0.4, 0.5) is 4.39 Å². The van der Waals surface area contributed by atoms with Gasteiger partial charge in [0.15, 0.2) is 0 Å². The van der Waals surface area contributed by atoms with E-state index < -0.39 is 0 Å². The lowest BCUT2D eigenvalue weighted by atomic mass is 10.1. The fourth-order valence-electron chi connectivity index (χ4n) is 1.42. The van der Waals surface area contributed by atoms with Crippen molar-refractivity contribution in [1.82, 2.24) is 5.32 Å². The number of halogens is 2. The van der Waals surface area contributed by atoms with Gasteiger partial charge in [0.1, 0.15) is 5.82 Å². The maximum atomic E-state index is 13.3. The minimum absolute atomic E-state index is 0.0362. The molecule has 1 aromatic rings. The zero-order valence-corrected chi connectivity index (χ0v) is 11.1. The summed E-state index contributed by atoms with van der Waals surface area (Å²) in [5, 5.41) is 2.74. The Labute approximate surface area is 109 Å². The van der Waals surface area contributed by atoms with E-state index in [1.807, 2.05) is 0 Å². The van der Waals surface area contributed by atoms with Crippen molar-refractivity contribution < 1.29 is 9.18 Å². The van der Waals surface area contributed by atoms with Crippen molar-refractivity contribution in [1.29, 1.82) is 0 Å². The second kappa shape index (κ2) is 7.40. The molecule has 0 saturated carbocycles. The normalized spacial score (nSPS) is 10.3. The van der Waals surface area contributed by atoms with E-state index in [9.17, 15) is 9.18 Å². The largest absolute Gasteiger partial charge is 0.356 e. The molecule has 3 N–H and O–H groups in total. The summed E-state index contributed by atoms with van der Waals surface area (Å²) in [4.78, 5) is 11.3. The summed E-state index contributed by atoms with van der Waals surface area (Å²) in [6, 6.07) is 4.79. The van der Waals surface area contributed by atoms with Crippen LogP contribution >= 0.6 is 15.9 Å². The van der Waals surface area contributed by atoms with Crippen molar-refractivity contribution in [3.05, 3.63) is 34.1 Å². The summed E-state index contributed by atoms with van der Waals surface area (Å²) in [6.45, 7) is 0.949. The summed E-state index contributed by atoms with van der Waals surface area (Å²) in [7, 11) is 0. The molecule has 0 unspecified atom stereocenters. The molecule has 0 bridgehead atoms. The highest BCUT2D eigenvalue weighted by molar-refractivity contribution is 9.10. The number of hydrogen-bond donors (Lipinski definition) is 2. The predicted molar refractivity (Wildman–Crippen MR) is 69.1 cm³/mol. The Kier molecular flexibility index (Phi) is 6.15. The molecule has 0 radical (unpaired) electrons. The van der Waals surface area contributed by atoms with Gasteiger partial charge in [0, 0.05) is 17.4 Å². The summed E-state index contributed by atoms with van der Waals surface area (Å²) in [5.74, 6) is -0.282. The predicted octanol–water partition coefficient (Wildman–Crippen LogP) is 1.99. The molecule has 0 heterocycles. The van der Waals surface area contributed by atoms with Crippen molar-refractivity contribution >= 4 is 21.8 Å². The molecule has 17 heavy (non-hydrogen) atoms. The fourth-order valence-corrected chi connectivity index (χ4v) is 1.83. The average molecular weight is 303 g/mol. The second-order valence-electron chi connectivity index (χ2n) is 3.73. The van der Waals surface area contributed by atoms with E-state index in [0.717, 1.165) is 4.47 Å². The second-order valence-corrected chi connectivity index (χ2v) is 4.64. The van der Waals surface area contributed by atoms with Gasteiger partial charge in [0.05, 0.1) is 0 Å². The van der Waals surface area contributed by atoms with Gasteiger partial charge < -0.3 is 11.1 Å². The monoisotopic (exact) mass is 302 g/mol. The highest BCUT2D eigenvalue weighted by Gasteiger charge is 2.04. The van der Waals surface area contributed by atoms with Gasteiger partial charge in [-0.05, 0) is 43.1 Å². The first-order chi connectivity index (χ1) is 8.13. The summed E-state index contributed by atoms with van der Waals surface area (Å²) >= 11 is 3.28. The Balaban J connectivity index is 2.35. The third kappa shape index (κ3) is 5.28. The molecule has 0 aromatic heterocycles. The van der Waals surface area contributed by atoms with Gasteiger partial charge in [-0.3, -0.25) is 4.79 Å². The van der Waals surface area contributed by atoms with Crippen LogP contribution in [0.25, 0.3) is 0 Å². The van der Waals surface area contributed by atoms with Crippen molar-refractivity contribution in [3.8, 4) is 0 Å². The third-order valence-corrected chi connectivity index (χ3v) is 2.83. The maximum absolute atomic E-state index is 13.3. The number of carbonyl (C=O) groups excluding carboxylic acids is 1. The van der Waals surface area contributed by atoms with E-state index in [1.165, 1.54) is 6.07 Å². The number of nitrogens with two attached hydrogens (primary N) is 1. The number of amides is 1. The molecular weight excluding hydrogens is 287 g/mol. The van der Waals surface area contributed by atoms with E-state index in [4.69, 9.17) is 5.73 Å². The number of rotatable bonds is 6. The van der Waals surface area contributed by atoms with Crippen LogP contribution in [0.2, 0.25) is 0 Å². The Morgan fingerprint density at radius 3 is 2.94 bits per heavy atom. The van der Waals surface area contributed by atoms with Crippen LogP contribution in [0.1, 0.15) is 18.4 Å². The fraction of sp³-hybridized carbons (Fsp3) is 0.417. The lowest BCUT2D eigenvalue weighted by molar-refractivity contribution is -0.121. The summed E-state index contributed by atoms with van der Waals surface area (Å²) in [6.07, 6.45) is 1.59.